The molecule has 0 heterocycles. The Morgan fingerprint density at radius 1 is 1.28 bits per heavy atom. The van der Waals surface area contributed by atoms with Gasteiger partial charge in [-0.2, -0.15) is 0 Å². The van der Waals surface area contributed by atoms with Crippen molar-refractivity contribution in [3.63, 3.8) is 0 Å². The van der Waals surface area contributed by atoms with E-state index >= 15 is 0 Å². The van der Waals surface area contributed by atoms with Crippen LogP contribution in [-0.4, -0.2) is 5.78 Å². The molecule has 0 radical (unpaired) electrons. The van der Waals surface area contributed by atoms with E-state index in [4.69, 9.17) is 0 Å². The molecule has 1 aliphatic carbocycles. The van der Waals surface area contributed by atoms with Crippen molar-refractivity contribution >= 4 is 5.78 Å². The summed E-state index contributed by atoms with van der Waals surface area (Å²) < 4.78 is 0. The van der Waals surface area contributed by atoms with Crippen LogP contribution >= 0.6 is 0 Å². The standard InChI is InChI=1S/C17H28O/c1-3-5-7-8-9-12-15(11-6-4-2)16-13-10-14-17(16)18/h4,6,13,15H,3,5,7-12,14H2,1-2H3/b6-4-. The van der Waals surface area contributed by atoms with E-state index in [2.05, 4.69) is 32.1 Å². The van der Waals surface area contributed by atoms with Gasteiger partial charge in [0.05, 0.1) is 0 Å². The Kier molecular flexibility index (Phi) is 7.71. The van der Waals surface area contributed by atoms with Crippen molar-refractivity contribution in [1.29, 1.82) is 0 Å². The summed E-state index contributed by atoms with van der Waals surface area (Å²) in [7, 11) is 0. The molecule has 1 heteroatoms. The topological polar surface area (TPSA) is 17.1 Å². The predicted molar refractivity (Wildman–Crippen MR) is 78.6 cm³/mol. The van der Waals surface area contributed by atoms with Gasteiger partial charge in [-0.25, -0.2) is 0 Å². The molecule has 0 fully saturated rings. The number of allylic oxidation sites excluding steroid dienone is 4. The molecule has 1 rings (SSSR count). The molecule has 0 aliphatic heterocycles. The molecule has 0 N–H and O–H groups in total. The molecule has 1 nitrogen and oxygen atoms in total. The summed E-state index contributed by atoms with van der Waals surface area (Å²) in [6, 6.07) is 0. The Bertz CT molecular complexity index is 299. The fourth-order valence-corrected chi connectivity index (χ4v) is 2.71. The van der Waals surface area contributed by atoms with Crippen molar-refractivity contribution in [1.82, 2.24) is 0 Å². The summed E-state index contributed by atoms with van der Waals surface area (Å²) in [5.74, 6) is 0.885. The van der Waals surface area contributed by atoms with Crippen molar-refractivity contribution in [3.8, 4) is 0 Å². The van der Waals surface area contributed by atoms with Crippen LogP contribution in [0.3, 0.4) is 0 Å². The van der Waals surface area contributed by atoms with Gasteiger partial charge in [0.15, 0.2) is 5.78 Å². The van der Waals surface area contributed by atoms with Gasteiger partial charge in [-0.1, -0.05) is 57.3 Å². The summed E-state index contributed by atoms with van der Waals surface area (Å²) in [5.41, 5.74) is 1.13. The third kappa shape index (κ3) is 5.20. The van der Waals surface area contributed by atoms with Crippen molar-refractivity contribution in [2.75, 3.05) is 0 Å². The van der Waals surface area contributed by atoms with Crippen molar-refractivity contribution < 1.29 is 4.79 Å². The highest BCUT2D eigenvalue weighted by atomic mass is 16.1. The number of hydrogen-bond acceptors (Lipinski definition) is 1. The maximum absolute atomic E-state index is 11.8. The highest BCUT2D eigenvalue weighted by Gasteiger charge is 2.22. The summed E-state index contributed by atoms with van der Waals surface area (Å²) in [6.45, 7) is 4.31. The van der Waals surface area contributed by atoms with E-state index < -0.39 is 0 Å². The van der Waals surface area contributed by atoms with Gasteiger partial charge in [0.2, 0.25) is 0 Å². The second-order valence-corrected chi connectivity index (χ2v) is 5.33. The lowest BCUT2D eigenvalue weighted by atomic mass is 9.88. The number of Topliss-reactive ketones (excluding diaryl/α,β-unsaturated/α-hetero) is 1. The Balaban J connectivity index is 2.38. The van der Waals surface area contributed by atoms with E-state index in [1.54, 1.807) is 0 Å². The lowest BCUT2D eigenvalue weighted by molar-refractivity contribution is -0.115. The number of rotatable bonds is 9. The van der Waals surface area contributed by atoms with Gasteiger partial charge >= 0.3 is 0 Å². The van der Waals surface area contributed by atoms with Crippen LogP contribution in [0.25, 0.3) is 0 Å². The van der Waals surface area contributed by atoms with Gasteiger partial charge in [0.1, 0.15) is 0 Å². The number of unbranched alkanes of at least 4 members (excludes halogenated alkanes) is 4. The van der Waals surface area contributed by atoms with E-state index in [1.807, 2.05) is 0 Å². The molecule has 102 valence electrons. The van der Waals surface area contributed by atoms with Crippen LogP contribution < -0.4 is 0 Å². The summed E-state index contributed by atoms with van der Waals surface area (Å²) in [6.07, 6.45) is 17.0. The fraction of sp³-hybridized carbons (Fsp3) is 0.706. The molecule has 0 saturated carbocycles. The highest BCUT2D eigenvalue weighted by Crippen LogP contribution is 2.29. The van der Waals surface area contributed by atoms with E-state index in [1.165, 1.54) is 38.5 Å². The maximum atomic E-state index is 11.8. The van der Waals surface area contributed by atoms with E-state index in [0.29, 0.717) is 11.7 Å². The zero-order valence-corrected chi connectivity index (χ0v) is 12.1. The van der Waals surface area contributed by atoms with Gasteiger partial charge < -0.3 is 0 Å². The molecule has 0 bridgehead atoms. The van der Waals surface area contributed by atoms with Gasteiger partial charge in [0.25, 0.3) is 0 Å². The maximum Gasteiger partial charge on any atom is 0.159 e. The minimum Gasteiger partial charge on any atom is -0.295 e. The van der Waals surface area contributed by atoms with Crippen LogP contribution in [0.1, 0.15) is 71.6 Å². The van der Waals surface area contributed by atoms with Gasteiger partial charge in [0, 0.05) is 6.42 Å². The first-order chi connectivity index (χ1) is 8.79. The SMILES string of the molecule is C/C=C\CC(CCCCCCC)C1=CCCC1=O. The zero-order valence-electron chi connectivity index (χ0n) is 12.1. The lowest BCUT2D eigenvalue weighted by Crippen LogP contribution is -2.09. The van der Waals surface area contributed by atoms with Gasteiger partial charge in [-0.15, -0.1) is 0 Å². The largest absolute Gasteiger partial charge is 0.295 e. The number of ketones is 1. The Labute approximate surface area is 112 Å². The van der Waals surface area contributed by atoms with Gasteiger partial charge in [-0.05, 0) is 37.7 Å². The van der Waals surface area contributed by atoms with Crippen LogP contribution in [0, 0.1) is 5.92 Å². The Morgan fingerprint density at radius 2 is 2.06 bits per heavy atom. The third-order valence-electron chi connectivity index (χ3n) is 3.81. The van der Waals surface area contributed by atoms with Crippen molar-refractivity contribution in [2.45, 2.75) is 71.6 Å². The summed E-state index contributed by atoms with van der Waals surface area (Å²) in [5, 5.41) is 0. The molecule has 0 saturated heterocycles. The average Bonchev–Trinajstić information content (AvgIpc) is 2.79. The van der Waals surface area contributed by atoms with Crippen LogP contribution in [0.2, 0.25) is 0 Å². The molecule has 0 amide bonds. The smallest absolute Gasteiger partial charge is 0.159 e. The van der Waals surface area contributed by atoms with Gasteiger partial charge in [-0.3, -0.25) is 4.79 Å². The highest BCUT2D eigenvalue weighted by molar-refractivity contribution is 5.97. The summed E-state index contributed by atoms with van der Waals surface area (Å²) >= 11 is 0. The first-order valence-electron chi connectivity index (χ1n) is 7.64. The fourth-order valence-electron chi connectivity index (χ4n) is 2.71. The number of carbonyl (C=O) groups excluding carboxylic acids is 1. The second kappa shape index (κ2) is 9.13. The average molecular weight is 248 g/mol. The Morgan fingerprint density at radius 3 is 2.67 bits per heavy atom. The second-order valence-electron chi connectivity index (χ2n) is 5.33. The number of carbonyl (C=O) groups is 1. The van der Waals surface area contributed by atoms with Crippen LogP contribution in [-0.2, 0) is 4.79 Å². The molecule has 0 aromatic heterocycles. The summed E-state index contributed by atoms with van der Waals surface area (Å²) in [4.78, 5) is 11.8. The molecule has 1 unspecified atom stereocenters. The normalized spacial score (nSPS) is 17.4. The molecule has 0 aromatic carbocycles. The van der Waals surface area contributed by atoms with Crippen LogP contribution in [0.4, 0.5) is 0 Å². The Hall–Kier alpha value is -0.850. The zero-order chi connectivity index (χ0) is 13.2. The quantitative estimate of drug-likeness (QED) is 0.404. The van der Waals surface area contributed by atoms with E-state index in [-0.39, 0.29) is 0 Å². The molecule has 18 heavy (non-hydrogen) atoms. The lowest BCUT2D eigenvalue weighted by Gasteiger charge is -2.15. The molecular formula is C17H28O. The minimum absolute atomic E-state index is 0.401. The predicted octanol–water partition coefficient (Wildman–Crippen LogP) is 5.22. The first kappa shape index (κ1) is 15.2. The van der Waals surface area contributed by atoms with E-state index in [9.17, 15) is 4.79 Å². The molecule has 1 atom stereocenters. The molecule has 0 spiro atoms. The van der Waals surface area contributed by atoms with Crippen LogP contribution in [0.5, 0.6) is 0 Å². The number of hydrogen-bond donors (Lipinski definition) is 0. The van der Waals surface area contributed by atoms with E-state index in [0.717, 1.165) is 24.8 Å². The van der Waals surface area contributed by atoms with Crippen molar-refractivity contribution in [2.24, 2.45) is 5.92 Å². The molecule has 1 aliphatic rings. The molecule has 0 aromatic rings. The third-order valence-corrected chi connectivity index (χ3v) is 3.81. The molecular weight excluding hydrogens is 220 g/mol. The van der Waals surface area contributed by atoms with Crippen molar-refractivity contribution in [3.05, 3.63) is 23.8 Å². The minimum atomic E-state index is 0.401. The van der Waals surface area contributed by atoms with Crippen LogP contribution in [0.15, 0.2) is 23.8 Å². The monoisotopic (exact) mass is 248 g/mol. The first-order valence-corrected chi connectivity index (χ1v) is 7.64.